The Balaban J connectivity index is 1.45. The third-order valence-electron chi connectivity index (χ3n) is 3.85. The lowest BCUT2D eigenvalue weighted by Crippen LogP contribution is -2.10. The van der Waals surface area contributed by atoms with Crippen LogP contribution in [0.25, 0.3) is 10.6 Å². The molecule has 0 aliphatic carbocycles. The lowest BCUT2D eigenvalue weighted by atomic mass is 10.2. The lowest BCUT2D eigenvalue weighted by molar-refractivity contribution is -0.145. The van der Waals surface area contributed by atoms with Gasteiger partial charge >= 0.3 is 5.97 Å². The molecule has 0 unspecified atom stereocenters. The maximum atomic E-state index is 11.9. The van der Waals surface area contributed by atoms with E-state index in [4.69, 9.17) is 14.2 Å². The molecule has 6 heteroatoms. The summed E-state index contributed by atoms with van der Waals surface area (Å²) in [5.41, 5.74) is 2.87. The molecule has 3 aromatic rings. The molecule has 1 aromatic heterocycles. The highest BCUT2D eigenvalue weighted by Crippen LogP contribution is 2.27. The van der Waals surface area contributed by atoms with E-state index in [9.17, 15) is 4.79 Å². The molecule has 5 nitrogen and oxygen atoms in total. The number of benzene rings is 2. The Morgan fingerprint density at radius 3 is 2.70 bits per heavy atom. The van der Waals surface area contributed by atoms with Crippen molar-refractivity contribution >= 4 is 17.3 Å². The highest BCUT2D eigenvalue weighted by Gasteiger charge is 2.09. The van der Waals surface area contributed by atoms with Crippen LogP contribution in [0, 0.1) is 6.92 Å². The zero-order valence-corrected chi connectivity index (χ0v) is 16.1. The zero-order chi connectivity index (χ0) is 19.1. The zero-order valence-electron chi connectivity index (χ0n) is 15.3. The number of carbonyl (C=O) groups excluding carboxylic acids is 1. The first kappa shape index (κ1) is 18.9. The summed E-state index contributed by atoms with van der Waals surface area (Å²) in [6.07, 6.45) is 0.195. The first-order valence-corrected chi connectivity index (χ1v) is 9.46. The van der Waals surface area contributed by atoms with Crippen molar-refractivity contribution in [3.63, 3.8) is 0 Å². The minimum absolute atomic E-state index is 0.157. The Hall–Kier alpha value is -2.86. The first-order chi connectivity index (χ1) is 13.1. The summed E-state index contributed by atoms with van der Waals surface area (Å²) in [5, 5.41) is 2.76. The van der Waals surface area contributed by atoms with Gasteiger partial charge in [0.05, 0.1) is 25.8 Å². The van der Waals surface area contributed by atoms with Gasteiger partial charge in [0.15, 0.2) is 0 Å². The van der Waals surface area contributed by atoms with Crippen LogP contribution in [0.2, 0.25) is 0 Å². The van der Waals surface area contributed by atoms with Crippen molar-refractivity contribution in [2.45, 2.75) is 20.0 Å². The number of esters is 1. The van der Waals surface area contributed by atoms with Crippen LogP contribution in [0.4, 0.5) is 0 Å². The van der Waals surface area contributed by atoms with Crippen LogP contribution in [-0.4, -0.2) is 24.7 Å². The van der Waals surface area contributed by atoms with Crippen LogP contribution in [0.15, 0.2) is 53.9 Å². The molecule has 0 saturated carbocycles. The number of rotatable bonds is 8. The SMILES string of the molecule is COc1cccc(-c2nc(COC(=O)CCOc3ccc(C)cc3)cs2)c1. The average molecular weight is 383 g/mol. The minimum Gasteiger partial charge on any atom is -0.497 e. The molecule has 0 atom stereocenters. The third kappa shape index (κ3) is 5.56. The van der Waals surface area contributed by atoms with Crippen LogP contribution in [0.5, 0.6) is 11.5 Å². The molecule has 2 aromatic carbocycles. The van der Waals surface area contributed by atoms with Crippen LogP contribution in [0.1, 0.15) is 17.7 Å². The fourth-order valence-corrected chi connectivity index (χ4v) is 3.18. The second-order valence-electron chi connectivity index (χ2n) is 5.95. The van der Waals surface area contributed by atoms with Gasteiger partial charge in [-0.25, -0.2) is 4.98 Å². The second kappa shape index (κ2) is 9.19. The van der Waals surface area contributed by atoms with Crippen LogP contribution >= 0.6 is 11.3 Å². The van der Waals surface area contributed by atoms with Crippen molar-refractivity contribution in [3.05, 3.63) is 65.2 Å². The summed E-state index contributed by atoms with van der Waals surface area (Å²) < 4.78 is 16.1. The van der Waals surface area contributed by atoms with Crippen molar-refractivity contribution in [3.8, 4) is 22.1 Å². The van der Waals surface area contributed by atoms with E-state index in [1.165, 1.54) is 16.9 Å². The molecule has 0 aliphatic heterocycles. The Labute approximate surface area is 162 Å². The molecular weight excluding hydrogens is 362 g/mol. The predicted octanol–water partition coefficient (Wildman–Crippen LogP) is 4.64. The highest BCUT2D eigenvalue weighted by atomic mass is 32.1. The molecule has 0 radical (unpaired) electrons. The van der Waals surface area contributed by atoms with Crippen LogP contribution in [0.3, 0.4) is 0 Å². The molecule has 3 rings (SSSR count). The van der Waals surface area contributed by atoms with Gasteiger partial charge in [0, 0.05) is 10.9 Å². The highest BCUT2D eigenvalue weighted by molar-refractivity contribution is 7.13. The van der Waals surface area contributed by atoms with E-state index in [2.05, 4.69) is 4.98 Å². The van der Waals surface area contributed by atoms with Crippen molar-refractivity contribution < 1.29 is 19.0 Å². The summed E-state index contributed by atoms with van der Waals surface area (Å²) in [7, 11) is 1.63. The number of aromatic nitrogens is 1. The van der Waals surface area contributed by atoms with Crippen LogP contribution < -0.4 is 9.47 Å². The van der Waals surface area contributed by atoms with Crippen molar-refractivity contribution in [1.29, 1.82) is 0 Å². The van der Waals surface area contributed by atoms with Gasteiger partial charge in [0.25, 0.3) is 0 Å². The van der Waals surface area contributed by atoms with Gasteiger partial charge in [-0.1, -0.05) is 29.8 Å². The smallest absolute Gasteiger partial charge is 0.309 e. The monoisotopic (exact) mass is 383 g/mol. The van der Waals surface area contributed by atoms with Gasteiger partial charge in [-0.05, 0) is 31.2 Å². The molecular formula is C21H21NO4S. The fourth-order valence-electron chi connectivity index (χ4n) is 2.38. The number of nitrogens with zero attached hydrogens (tertiary/aromatic N) is 1. The maximum Gasteiger partial charge on any atom is 0.309 e. The Bertz CT molecular complexity index is 889. The van der Waals surface area contributed by atoms with Gasteiger partial charge in [-0.3, -0.25) is 4.79 Å². The molecule has 0 bridgehead atoms. The molecule has 0 spiro atoms. The second-order valence-corrected chi connectivity index (χ2v) is 6.81. The van der Waals surface area contributed by atoms with Gasteiger partial charge in [0.2, 0.25) is 0 Å². The third-order valence-corrected chi connectivity index (χ3v) is 4.79. The van der Waals surface area contributed by atoms with Crippen molar-refractivity contribution in [1.82, 2.24) is 4.98 Å². The van der Waals surface area contributed by atoms with E-state index >= 15 is 0 Å². The number of aryl methyl sites for hydroxylation is 1. The molecule has 1 heterocycles. The maximum absolute atomic E-state index is 11.9. The normalized spacial score (nSPS) is 10.4. The van der Waals surface area contributed by atoms with E-state index in [1.54, 1.807) is 7.11 Å². The van der Waals surface area contributed by atoms with E-state index in [0.29, 0.717) is 0 Å². The molecule has 0 N–H and O–H groups in total. The minimum atomic E-state index is -0.307. The number of hydrogen-bond donors (Lipinski definition) is 0. The molecule has 0 amide bonds. The Morgan fingerprint density at radius 2 is 1.93 bits per heavy atom. The van der Waals surface area contributed by atoms with Crippen LogP contribution in [-0.2, 0) is 16.1 Å². The number of methoxy groups -OCH3 is 1. The summed E-state index contributed by atoms with van der Waals surface area (Å²) >= 11 is 1.51. The Kier molecular flexibility index (Phi) is 6.44. The van der Waals surface area contributed by atoms with Gasteiger partial charge in [0.1, 0.15) is 23.1 Å². The molecule has 0 saturated heterocycles. The fraction of sp³-hybridized carbons (Fsp3) is 0.238. The van der Waals surface area contributed by atoms with Gasteiger partial charge < -0.3 is 14.2 Å². The lowest BCUT2D eigenvalue weighted by Gasteiger charge is -2.06. The average Bonchev–Trinajstić information content (AvgIpc) is 3.17. The van der Waals surface area contributed by atoms with Crippen molar-refractivity contribution in [2.75, 3.05) is 13.7 Å². The molecule has 0 aliphatic rings. The quantitative estimate of drug-likeness (QED) is 0.531. The molecule has 27 heavy (non-hydrogen) atoms. The van der Waals surface area contributed by atoms with E-state index < -0.39 is 0 Å². The van der Waals surface area contributed by atoms with Gasteiger partial charge in [-0.2, -0.15) is 0 Å². The number of ether oxygens (including phenoxy) is 3. The van der Waals surface area contributed by atoms with E-state index in [-0.39, 0.29) is 25.6 Å². The summed E-state index contributed by atoms with van der Waals surface area (Å²) in [4.78, 5) is 16.4. The predicted molar refractivity (Wildman–Crippen MR) is 105 cm³/mol. The van der Waals surface area contributed by atoms with Gasteiger partial charge in [-0.15, -0.1) is 11.3 Å². The number of thiazole rings is 1. The van der Waals surface area contributed by atoms with E-state index in [0.717, 1.165) is 27.8 Å². The standard InChI is InChI=1S/C21H21NO4S/c1-15-6-8-18(9-7-15)25-11-10-20(23)26-13-17-14-27-21(22-17)16-4-3-5-19(12-16)24-2/h3-9,12,14H,10-11,13H2,1-2H3. The first-order valence-electron chi connectivity index (χ1n) is 8.58. The summed E-state index contributed by atoms with van der Waals surface area (Å²) in [5.74, 6) is 1.22. The van der Waals surface area contributed by atoms with Crippen molar-refractivity contribution in [2.24, 2.45) is 0 Å². The number of carbonyl (C=O) groups is 1. The number of hydrogen-bond acceptors (Lipinski definition) is 6. The molecule has 0 fully saturated rings. The summed E-state index contributed by atoms with van der Waals surface area (Å²) in [6.45, 7) is 2.46. The Morgan fingerprint density at radius 1 is 1.11 bits per heavy atom. The summed E-state index contributed by atoms with van der Waals surface area (Å²) in [6, 6.07) is 15.4. The molecule has 140 valence electrons. The largest absolute Gasteiger partial charge is 0.497 e. The topological polar surface area (TPSA) is 57.7 Å². The van der Waals surface area contributed by atoms with E-state index in [1.807, 2.05) is 60.8 Å².